The number of cyclic esters (lactones) is 1. The highest BCUT2D eigenvalue weighted by Gasteiger charge is 3.01. The number of aliphatic hydroxyl groups excluding tert-OH is 3. The number of carbonyl (C=O) groups is 3. The molecule has 1 aromatic carbocycles. The Balaban J connectivity index is 0.789. The van der Waals surface area contributed by atoms with Crippen molar-refractivity contribution in [1.82, 2.24) is 10.2 Å². The number of ketones is 1. The van der Waals surface area contributed by atoms with Gasteiger partial charge in [-0.3, -0.25) is 14.9 Å². The third kappa shape index (κ3) is 6.53. The molecule has 13 nitrogen and oxygen atoms in total. The number of carbonyl (C=O) groups excluding carboxylic acids is 3. The number of epoxide rings is 1. The van der Waals surface area contributed by atoms with E-state index in [1.54, 1.807) is 0 Å². The van der Waals surface area contributed by atoms with E-state index in [2.05, 4.69) is 96.7 Å². The van der Waals surface area contributed by atoms with E-state index < -0.39 is 97.9 Å². The van der Waals surface area contributed by atoms with Gasteiger partial charge in [-0.1, -0.05) is 99.6 Å². The third-order valence-electron chi connectivity index (χ3n) is 34.9. The summed E-state index contributed by atoms with van der Waals surface area (Å²) in [5, 5.41) is 42.7. The maximum Gasteiger partial charge on any atom is 0.339 e. The van der Waals surface area contributed by atoms with Crippen LogP contribution in [0.15, 0.2) is 77.1 Å². The number of fused-ring (bicyclic) bond motifs is 7. The van der Waals surface area contributed by atoms with E-state index in [1.807, 2.05) is 6.26 Å². The Morgan fingerprint density at radius 2 is 1.74 bits per heavy atom. The summed E-state index contributed by atoms with van der Waals surface area (Å²) in [4.78, 5) is 54.0. The zero-order valence-corrected chi connectivity index (χ0v) is 56.5. The number of esters is 2. The van der Waals surface area contributed by atoms with Gasteiger partial charge in [0.1, 0.15) is 29.7 Å². The quantitative estimate of drug-likeness (QED) is 0.0891. The lowest BCUT2D eigenvalue weighted by Gasteiger charge is -2.74. The Hall–Kier alpha value is -4.55. The van der Waals surface area contributed by atoms with Crippen LogP contribution in [0.4, 0.5) is 0 Å². The minimum atomic E-state index is -1.57. The fraction of sp³-hybridized carbons (Fsp3) is 0.747. The highest BCUT2D eigenvalue weighted by atomic mass is 16.7. The Kier molecular flexibility index (Phi) is 11.9. The summed E-state index contributed by atoms with van der Waals surface area (Å²) in [5.41, 5.74) is -5.16. The Labute approximate surface area is 565 Å². The molecule has 9 spiro atoms. The number of hydrogen-bond donors (Lipinski definition) is 4. The average molecular weight is 1300 g/mol. The first kappa shape index (κ1) is 59.2. The van der Waals surface area contributed by atoms with Crippen LogP contribution in [0.3, 0.4) is 0 Å². The Bertz CT molecular complexity index is 3880. The van der Waals surface area contributed by atoms with Crippen molar-refractivity contribution >= 4 is 17.7 Å². The highest BCUT2D eigenvalue weighted by molar-refractivity contribution is 5.94. The summed E-state index contributed by atoms with van der Waals surface area (Å²) in [6.07, 6.45) is 33.6. The van der Waals surface area contributed by atoms with Crippen LogP contribution in [0.25, 0.3) is 0 Å². The van der Waals surface area contributed by atoms with Crippen molar-refractivity contribution in [3.63, 3.8) is 0 Å². The second-order valence-electron chi connectivity index (χ2n) is 37.3. The lowest BCUT2D eigenvalue weighted by Crippen LogP contribution is -2.84. The Morgan fingerprint density at radius 1 is 0.865 bits per heavy atom. The predicted octanol–water partition coefficient (Wildman–Crippen LogP) is 11.3. The molecule has 0 amide bonds. The molecule has 30 atom stereocenters. The maximum absolute atomic E-state index is 18.3. The first-order valence-corrected chi connectivity index (χ1v) is 39.1. The number of ether oxygens (including phenoxy) is 4. The average Bonchev–Trinajstić information content (AvgIpc) is 1.40. The van der Waals surface area contributed by atoms with E-state index >= 15 is 19.5 Å². The highest BCUT2D eigenvalue weighted by Crippen LogP contribution is 2.93. The van der Waals surface area contributed by atoms with Crippen LogP contribution in [0.1, 0.15) is 178 Å². The number of aliphatic hydroxyl groups is 3. The van der Waals surface area contributed by atoms with Crippen molar-refractivity contribution in [3.8, 4) is 11.8 Å². The molecule has 96 heavy (non-hydrogen) atoms. The number of nitrogens with one attached hydrogen (secondary N) is 1. The van der Waals surface area contributed by atoms with Gasteiger partial charge in [0.15, 0.2) is 17.5 Å². The summed E-state index contributed by atoms with van der Waals surface area (Å²) in [6.45, 7) is 6.42. The van der Waals surface area contributed by atoms with Gasteiger partial charge >= 0.3 is 11.9 Å². The molecule has 13 heteroatoms. The maximum atomic E-state index is 18.3. The van der Waals surface area contributed by atoms with Crippen molar-refractivity contribution in [1.29, 1.82) is 0 Å². The second kappa shape index (κ2) is 19.3. The molecule has 13 aliphatic carbocycles. The lowest BCUT2D eigenvalue weighted by molar-refractivity contribution is -0.320. The van der Waals surface area contributed by atoms with Gasteiger partial charge in [0.25, 0.3) is 0 Å². The van der Waals surface area contributed by atoms with Crippen molar-refractivity contribution in [3.05, 3.63) is 95.1 Å². The van der Waals surface area contributed by atoms with E-state index in [1.165, 1.54) is 43.2 Å². The normalized spacial score (nSPS) is 53.9. The number of allylic oxidation sites excluding steroid dienone is 3. The molecule has 10 saturated carbocycles. The van der Waals surface area contributed by atoms with Crippen LogP contribution in [-0.4, -0.2) is 106 Å². The monoisotopic (exact) mass is 1300 g/mol. The van der Waals surface area contributed by atoms with Crippen molar-refractivity contribution in [2.24, 2.45) is 133 Å². The van der Waals surface area contributed by atoms with Gasteiger partial charge < -0.3 is 43.6 Å². The van der Waals surface area contributed by atoms with Crippen LogP contribution in [0.5, 0.6) is 0 Å². The first-order valence-electron chi connectivity index (χ1n) is 39.1. The minimum Gasteiger partial charge on any atom is -0.469 e. The summed E-state index contributed by atoms with van der Waals surface area (Å²) in [7, 11) is 0. The van der Waals surface area contributed by atoms with Crippen molar-refractivity contribution < 1.29 is 53.1 Å². The molecule has 8 heterocycles. The van der Waals surface area contributed by atoms with Gasteiger partial charge in [0, 0.05) is 52.7 Å². The summed E-state index contributed by atoms with van der Waals surface area (Å²) in [5.74, 6) is 7.22. The molecule has 508 valence electrons. The van der Waals surface area contributed by atoms with Crippen molar-refractivity contribution in [2.45, 2.75) is 221 Å². The van der Waals surface area contributed by atoms with Crippen LogP contribution in [0, 0.1) is 145 Å². The second-order valence-corrected chi connectivity index (χ2v) is 37.3. The van der Waals surface area contributed by atoms with E-state index in [0.29, 0.717) is 79.9 Å². The predicted molar refractivity (Wildman–Crippen MR) is 353 cm³/mol. The van der Waals surface area contributed by atoms with Crippen molar-refractivity contribution in [2.75, 3.05) is 26.4 Å². The number of benzene rings is 1. The molecule has 2 aromatic rings. The number of furan rings is 1. The molecular weight excluding hydrogens is 1200 g/mol. The van der Waals surface area contributed by atoms with Gasteiger partial charge in [0.2, 0.25) is 0 Å². The molecule has 20 aliphatic rings. The van der Waals surface area contributed by atoms with Crippen LogP contribution >= 0.6 is 0 Å². The molecule has 4 N–H and O–H groups in total. The summed E-state index contributed by atoms with van der Waals surface area (Å²) < 4.78 is 39.2. The molecule has 0 radical (unpaired) electrons. The van der Waals surface area contributed by atoms with Gasteiger partial charge in [0.05, 0.1) is 54.4 Å². The molecule has 22 rings (SSSR count). The number of aryl methyl sites for hydroxylation is 1. The van der Waals surface area contributed by atoms with E-state index in [0.717, 1.165) is 114 Å². The summed E-state index contributed by atoms with van der Waals surface area (Å²) >= 11 is 0. The third-order valence-corrected chi connectivity index (χ3v) is 34.9. The molecule has 9 bridgehead atoms. The first-order chi connectivity index (χ1) is 46.6. The zero-order chi connectivity index (χ0) is 64.3. The standard InChI is InChI=1S/C83H100N2O11/c1-45-57-13-8-12-48(57)22-28-76(45)26-9-27-79-64(76)34-55-33-56-38-75(24-6-7-25-75)42-77(56)37-53-36-74(2)81-54(20-17-52-41-92-63(65(52)81)35-59(62(87)40-86)50-18-21-58-51(32-50)23-29-85-44-84-39-61(58)85)19-16-49-15-14-47(30-46-10-4-3-5-11-46)31-60(49)80(83(74)71(94-83)73(91)95-81)67(53)78(68(79)66(88)70(80)89)43-93-72(90)69(77)82(55,78)96-79/h3-5,10-11,22-23,28-29,34,41,45,47-51,53-54,56-62,64,67-71,84,86-87,89H,6-9,12-15,17-18,20-21,24-27,30-33,35-40,42-44H2,1-2H3. The van der Waals surface area contributed by atoms with Gasteiger partial charge in [-0.25, -0.2) is 4.79 Å². The number of hydrogen-bond acceptors (Lipinski definition) is 13. The van der Waals surface area contributed by atoms with Gasteiger partial charge in [-0.05, 0) is 240 Å². The molecule has 1 aromatic heterocycles. The molecule has 7 aliphatic heterocycles. The molecular formula is C83H100N2O11. The van der Waals surface area contributed by atoms with Crippen LogP contribution in [0.2, 0.25) is 0 Å². The lowest BCUT2D eigenvalue weighted by atomic mass is 9.28. The zero-order valence-electron chi connectivity index (χ0n) is 56.5. The largest absolute Gasteiger partial charge is 0.469 e. The Morgan fingerprint density at radius 3 is 2.60 bits per heavy atom. The topological polar surface area (TPSA) is 181 Å². The van der Waals surface area contributed by atoms with E-state index in [9.17, 15) is 10.2 Å². The van der Waals surface area contributed by atoms with Crippen LogP contribution < -0.4 is 5.32 Å². The van der Waals surface area contributed by atoms with Crippen LogP contribution in [-0.2, 0) is 58.2 Å². The SMILES string of the molecule is CC1C2CCCC2C=CC12CCCC13OC45C(=CC21)CC1CC2(CCCC2)CC12CC1CC6(C)C78OC(=O)C9OC96C6(C(O)C(=O)C3C4(COC(=O)C25)C16)C1CC(Cc2ccccc2)CCC1C#CC7CCc1coc(CC(C(O)CO)C2CCC3C(C=CN4CNCC34)C2)c18. The minimum absolute atomic E-state index is 0.0420. The number of Topliss-reactive ketones (excluding diaryl/α,β-unsaturated/α-hetero) is 1. The number of nitrogens with zero attached hydrogens (tertiary/aromatic N) is 1. The molecule has 5 saturated heterocycles. The molecule has 15 fully saturated rings. The van der Waals surface area contributed by atoms with Gasteiger partial charge in [-0.2, -0.15) is 0 Å². The fourth-order valence-corrected chi connectivity index (χ4v) is 32.4. The van der Waals surface area contributed by atoms with Gasteiger partial charge in [-0.15, -0.1) is 0 Å². The summed E-state index contributed by atoms with van der Waals surface area (Å²) in [6, 6.07) is 11.3. The molecule has 30 unspecified atom stereocenters. The van der Waals surface area contributed by atoms with E-state index in [-0.39, 0.29) is 77.2 Å². The van der Waals surface area contributed by atoms with E-state index in [4.69, 9.17) is 23.4 Å². The number of rotatable bonds is 7. The fourth-order valence-electron chi connectivity index (χ4n) is 32.4. The smallest absolute Gasteiger partial charge is 0.339 e.